The Morgan fingerprint density at radius 2 is 2.00 bits per heavy atom. The van der Waals surface area contributed by atoms with Gasteiger partial charge < -0.3 is 10.3 Å². The van der Waals surface area contributed by atoms with Crippen LogP contribution in [-0.4, -0.2) is 11.1 Å². The summed E-state index contributed by atoms with van der Waals surface area (Å²) in [6, 6.07) is 13.2. The van der Waals surface area contributed by atoms with E-state index in [1.165, 1.54) is 17.0 Å². The zero-order valence-electron chi connectivity index (χ0n) is 11.5. The number of fused-ring (bicyclic) bond motifs is 1. The third-order valence-electron chi connectivity index (χ3n) is 3.65. The highest BCUT2D eigenvalue weighted by Crippen LogP contribution is 2.23. The summed E-state index contributed by atoms with van der Waals surface area (Å²) in [6.45, 7) is 1.25. The number of benzene rings is 2. The Labute approximate surface area is 127 Å². The molecule has 0 radical (unpaired) electrons. The van der Waals surface area contributed by atoms with Crippen molar-refractivity contribution in [2.45, 2.75) is 13.0 Å². The molecule has 21 heavy (non-hydrogen) atoms. The Morgan fingerprint density at radius 1 is 1.14 bits per heavy atom. The van der Waals surface area contributed by atoms with Crippen LogP contribution in [0.25, 0.3) is 10.9 Å². The van der Waals surface area contributed by atoms with Crippen LogP contribution >= 0.6 is 11.6 Å². The third kappa shape index (κ3) is 2.80. The Morgan fingerprint density at radius 3 is 2.76 bits per heavy atom. The van der Waals surface area contributed by atoms with Gasteiger partial charge in [-0.25, -0.2) is 4.39 Å². The molecule has 1 aromatic heterocycles. The predicted molar refractivity (Wildman–Crippen MR) is 85.2 cm³/mol. The van der Waals surface area contributed by atoms with E-state index in [1.807, 2.05) is 18.3 Å². The molecular weight excluding hydrogens is 287 g/mol. The standard InChI is InChI=1S/C17H16ClFN2/c18-15-5-4-12(10-16(15)19)11-21-9-7-14-13(6-8-20)2-1-3-17(14)21/h1-5,7,9-10H,6,8,11,20H2. The Kier molecular flexibility index (Phi) is 3.95. The van der Waals surface area contributed by atoms with Gasteiger partial charge in [0.2, 0.25) is 0 Å². The molecule has 0 saturated carbocycles. The van der Waals surface area contributed by atoms with Crippen LogP contribution in [0.15, 0.2) is 48.7 Å². The molecule has 0 aliphatic carbocycles. The van der Waals surface area contributed by atoms with Crippen LogP contribution in [0.3, 0.4) is 0 Å². The molecule has 0 spiro atoms. The second-order valence-electron chi connectivity index (χ2n) is 5.08. The molecule has 2 nitrogen and oxygen atoms in total. The molecule has 0 atom stereocenters. The van der Waals surface area contributed by atoms with Gasteiger partial charge in [0.25, 0.3) is 0 Å². The fourth-order valence-electron chi connectivity index (χ4n) is 2.63. The molecule has 4 heteroatoms. The second kappa shape index (κ2) is 5.88. The van der Waals surface area contributed by atoms with Gasteiger partial charge in [0.05, 0.1) is 5.02 Å². The number of halogens is 2. The topological polar surface area (TPSA) is 30.9 Å². The largest absolute Gasteiger partial charge is 0.343 e. The molecule has 0 saturated heterocycles. The maximum Gasteiger partial charge on any atom is 0.142 e. The number of aromatic nitrogens is 1. The highest BCUT2D eigenvalue weighted by atomic mass is 35.5. The molecule has 3 rings (SSSR count). The molecular formula is C17H16ClFN2. The minimum atomic E-state index is -0.380. The lowest BCUT2D eigenvalue weighted by molar-refractivity contribution is 0.624. The van der Waals surface area contributed by atoms with Crippen LogP contribution in [0.1, 0.15) is 11.1 Å². The first kappa shape index (κ1) is 14.1. The van der Waals surface area contributed by atoms with E-state index in [0.29, 0.717) is 13.1 Å². The van der Waals surface area contributed by atoms with E-state index >= 15 is 0 Å². The first-order chi connectivity index (χ1) is 10.2. The maximum atomic E-state index is 13.5. The Bertz CT molecular complexity index is 780. The van der Waals surface area contributed by atoms with Crippen molar-refractivity contribution in [3.63, 3.8) is 0 Å². The number of hydrogen-bond acceptors (Lipinski definition) is 1. The summed E-state index contributed by atoms with van der Waals surface area (Å²) in [4.78, 5) is 0. The van der Waals surface area contributed by atoms with Crippen LogP contribution in [0.4, 0.5) is 4.39 Å². The van der Waals surface area contributed by atoms with E-state index in [1.54, 1.807) is 6.07 Å². The monoisotopic (exact) mass is 302 g/mol. The van der Waals surface area contributed by atoms with Crippen LogP contribution in [0.2, 0.25) is 5.02 Å². The molecule has 0 amide bonds. The number of hydrogen-bond donors (Lipinski definition) is 1. The number of nitrogens with zero attached hydrogens (tertiary/aromatic N) is 1. The molecule has 1 heterocycles. The van der Waals surface area contributed by atoms with Crippen LogP contribution in [0, 0.1) is 5.82 Å². The van der Waals surface area contributed by atoms with Crippen molar-refractivity contribution in [3.8, 4) is 0 Å². The summed E-state index contributed by atoms with van der Waals surface area (Å²) in [7, 11) is 0. The van der Waals surface area contributed by atoms with Crippen molar-refractivity contribution in [1.29, 1.82) is 0 Å². The van der Waals surface area contributed by atoms with E-state index < -0.39 is 0 Å². The molecule has 0 fully saturated rings. The van der Waals surface area contributed by atoms with Crippen LogP contribution in [-0.2, 0) is 13.0 Å². The second-order valence-corrected chi connectivity index (χ2v) is 5.49. The molecule has 0 aliphatic heterocycles. The lowest BCUT2D eigenvalue weighted by Crippen LogP contribution is -2.03. The van der Waals surface area contributed by atoms with Crippen molar-refractivity contribution >= 4 is 22.5 Å². The molecule has 2 aromatic carbocycles. The minimum Gasteiger partial charge on any atom is -0.343 e. The minimum absolute atomic E-state index is 0.154. The SMILES string of the molecule is NCCc1cccc2c1ccn2Cc1ccc(Cl)c(F)c1. The smallest absolute Gasteiger partial charge is 0.142 e. The molecule has 0 bridgehead atoms. The van der Waals surface area contributed by atoms with Crippen molar-refractivity contribution in [2.24, 2.45) is 5.73 Å². The summed E-state index contributed by atoms with van der Waals surface area (Å²) in [5, 5.41) is 1.36. The van der Waals surface area contributed by atoms with Crippen molar-refractivity contribution in [3.05, 3.63) is 70.6 Å². The highest BCUT2D eigenvalue weighted by molar-refractivity contribution is 6.30. The Hall–Kier alpha value is -1.84. The molecule has 108 valence electrons. The normalized spacial score (nSPS) is 11.2. The lowest BCUT2D eigenvalue weighted by Gasteiger charge is -2.08. The average molecular weight is 303 g/mol. The van der Waals surface area contributed by atoms with E-state index in [0.717, 1.165) is 17.5 Å². The van der Waals surface area contributed by atoms with Crippen molar-refractivity contribution in [2.75, 3.05) is 6.54 Å². The first-order valence-corrected chi connectivity index (χ1v) is 7.27. The van der Waals surface area contributed by atoms with E-state index in [9.17, 15) is 4.39 Å². The van der Waals surface area contributed by atoms with Gasteiger partial charge in [-0.3, -0.25) is 0 Å². The number of rotatable bonds is 4. The lowest BCUT2D eigenvalue weighted by atomic mass is 10.1. The first-order valence-electron chi connectivity index (χ1n) is 6.90. The number of nitrogens with two attached hydrogens (primary N) is 1. The van der Waals surface area contributed by atoms with Gasteiger partial charge in [-0.15, -0.1) is 0 Å². The summed E-state index contributed by atoms with van der Waals surface area (Å²) < 4.78 is 15.6. The van der Waals surface area contributed by atoms with Crippen LogP contribution in [0.5, 0.6) is 0 Å². The molecule has 3 aromatic rings. The zero-order valence-corrected chi connectivity index (χ0v) is 12.3. The van der Waals surface area contributed by atoms with E-state index in [4.69, 9.17) is 17.3 Å². The zero-order chi connectivity index (χ0) is 14.8. The Balaban J connectivity index is 1.97. The van der Waals surface area contributed by atoms with E-state index in [2.05, 4.69) is 22.8 Å². The maximum absolute atomic E-state index is 13.5. The van der Waals surface area contributed by atoms with Crippen LogP contribution < -0.4 is 5.73 Å². The van der Waals surface area contributed by atoms with Gasteiger partial charge in [-0.05, 0) is 48.4 Å². The van der Waals surface area contributed by atoms with Gasteiger partial charge in [0.15, 0.2) is 0 Å². The molecule has 0 aliphatic rings. The summed E-state index contributed by atoms with van der Waals surface area (Å²) in [5.74, 6) is -0.380. The average Bonchev–Trinajstić information content (AvgIpc) is 2.88. The molecule has 0 unspecified atom stereocenters. The molecule has 2 N–H and O–H groups in total. The van der Waals surface area contributed by atoms with Gasteiger partial charge in [0.1, 0.15) is 5.82 Å². The van der Waals surface area contributed by atoms with Gasteiger partial charge >= 0.3 is 0 Å². The summed E-state index contributed by atoms with van der Waals surface area (Å²) >= 11 is 5.72. The van der Waals surface area contributed by atoms with Gasteiger partial charge in [-0.2, -0.15) is 0 Å². The highest BCUT2D eigenvalue weighted by Gasteiger charge is 2.07. The quantitative estimate of drug-likeness (QED) is 0.776. The third-order valence-corrected chi connectivity index (χ3v) is 3.96. The van der Waals surface area contributed by atoms with Gasteiger partial charge in [0, 0.05) is 23.6 Å². The predicted octanol–water partition coefficient (Wildman–Crippen LogP) is 3.98. The summed E-state index contributed by atoms with van der Waals surface area (Å²) in [5.41, 5.74) is 8.92. The van der Waals surface area contributed by atoms with Crippen molar-refractivity contribution < 1.29 is 4.39 Å². The fourth-order valence-corrected chi connectivity index (χ4v) is 2.75. The van der Waals surface area contributed by atoms with E-state index in [-0.39, 0.29) is 10.8 Å². The summed E-state index contributed by atoms with van der Waals surface area (Å²) in [6.07, 6.45) is 2.88. The fraction of sp³-hybridized carbons (Fsp3) is 0.176. The van der Waals surface area contributed by atoms with Gasteiger partial charge in [-0.1, -0.05) is 29.8 Å². The van der Waals surface area contributed by atoms with Crippen molar-refractivity contribution in [1.82, 2.24) is 4.57 Å².